The summed E-state index contributed by atoms with van der Waals surface area (Å²) in [5.74, 6) is -0.183. The number of nitrogens with two attached hydrogens (primary N) is 1. The first-order valence-electron chi connectivity index (χ1n) is 9.07. The SMILES string of the molecule is CC(C)C[C@H](NC(=O)[C@@H](N)CC(C)C)C(=O)C(O)CCCCCO. The number of carbonyl (C=O) groups is 2. The molecule has 24 heavy (non-hydrogen) atoms. The first-order chi connectivity index (χ1) is 11.2. The highest BCUT2D eigenvalue weighted by Gasteiger charge is 2.28. The topological polar surface area (TPSA) is 113 Å². The normalized spacial score (nSPS) is 15.4. The number of ketones is 1. The Morgan fingerprint density at radius 3 is 2.08 bits per heavy atom. The van der Waals surface area contributed by atoms with Crippen LogP contribution in [0.3, 0.4) is 0 Å². The second-order valence-electron chi connectivity index (χ2n) is 7.42. The average Bonchev–Trinajstić information content (AvgIpc) is 2.48. The highest BCUT2D eigenvalue weighted by atomic mass is 16.3. The largest absolute Gasteiger partial charge is 0.396 e. The number of hydrogen-bond acceptors (Lipinski definition) is 5. The molecule has 6 heteroatoms. The Morgan fingerprint density at radius 2 is 1.58 bits per heavy atom. The van der Waals surface area contributed by atoms with Gasteiger partial charge in [0.05, 0.1) is 12.1 Å². The molecule has 0 aromatic carbocycles. The summed E-state index contributed by atoms with van der Waals surface area (Å²) < 4.78 is 0. The van der Waals surface area contributed by atoms with E-state index in [0.29, 0.717) is 38.0 Å². The second kappa shape index (κ2) is 12.4. The molecule has 142 valence electrons. The standard InChI is InChI=1S/C18H36N2O4/c1-12(2)10-14(19)18(24)20-15(11-13(3)4)17(23)16(22)8-6-5-7-9-21/h12-16,21-22H,5-11,19H2,1-4H3,(H,20,24)/t14-,15-,16?/m0/s1. The number of hydrogen-bond donors (Lipinski definition) is 4. The molecule has 0 aliphatic rings. The summed E-state index contributed by atoms with van der Waals surface area (Å²) in [6.07, 6.45) is 2.39. The van der Waals surface area contributed by atoms with E-state index in [1.54, 1.807) is 0 Å². The molecule has 0 radical (unpaired) electrons. The fraction of sp³-hybridized carbons (Fsp3) is 0.889. The van der Waals surface area contributed by atoms with Crippen molar-refractivity contribution in [1.82, 2.24) is 5.32 Å². The van der Waals surface area contributed by atoms with Crippen LogP contribution in [-0.4, -0.2) is 46.7 Å². The van der Waals surface area contributed by atoms with E-state index in [1.165, 1.54) is 0 Å². The van der Waals surface area contributed by atoms with Gasteiger partial charge in [-0.05, 0) is 37.5 Å². The van der Waals surface area contributed by atoms with E-state index in [-0.39, 0.29) is 24.2 Å². The average molecular weight is 344 g/mol. The number of nitrogens with one attached hydrogen (secondary N) is 1. The molecule has 0 saturated carbocycles. The summed E-state index contributed by atoms with van der Waals surface area (Å²) in [6, 6.07) is -1.35. The lowest BCUT2D eigenvalue weighted by atomic mass is 9.94. The fourth-order valence-electron chi connectivity index (χ4n) is 2.61. The second-order valence-corrected chi connectivity index (χ2v) is 7.42. The van der Waals surface area contributed by atoms with E-state index in [9.17, 15) is 14.7 Å². The van der Waals surface area contributed by atoms with Gasteiger partial charge >= 0.3 is 0 Å². The Bertz CT molecular complexity index is 372. The summed E-state index contributed by atoms with van der Waals surface area (Å²) in [6.45, 7) is 8.02. The van der Waals surface area contributed by atoms with E-state index in [0.717, 1.165) is 6.42 Å². The van der Waals surface area contributed by atoms with Crippen molar-refractivity contribution in [2.75, 3.05) is 6.61 Å². The van der Waals surface area contributed by atoms with Gasteiger partial charge in [-0.2, -0.15) is 0 Å². The predicted molar refractivity (Wildman–Crippen MR) is 95.4 cm³/mol. The van der Waals surface area contributed by atoms with Crippen LogP contribution < -0.4 is 11.1 Å². The molecule has 0 spiro atoms. The zero-order chi connectivity index (χ0) is 18.7. The molecule has 0 heterocycles. The minimum absolute atomic E-state index is 0.115. The number of amides is 1. The number of Topliss-reactive ketones (excluding diaryl/α,β-unsaturated/α-hetero) is 1. The zero-order valence-corrected chi connectivity index (χ0v) is 15.6. The first-order valence-corrected chi connectivity index (χ1v) is 9.07. The molecule has 1 unspecified atom stereocenters. The molecule has 0 aliphatic carbocycles. The number of aliphatic hydroxyl groups is 2. The van der Waals surface area contributed by atoms with Gasteiger partial charge < -0.3 is 21.3 Å². The fourth-order valence-corrected chi connectivity index (χ4v) is 2.61. The molecule has 6 nitrogen and oxygen atoms in total. The van der Waals surface area contributed by atoms with Crippen LogP contribution >= 0.6 is 0 Å². The highest BCUT2D eigenvalue weighted by molar-refractivity contribution is 5.93. The van der Waals surface area contributed by atoms with Crippen LogP contribution in [0.4, 0.5) is 0 Å². The zero-order valence-electron chi connectivity index (χ0n) is 15.6. The summed E-state index contributed by atoms with van der Waals surface area (Å²) in [5, 5.41) is 21.6. The van der Waals surface area contributed by atoms with Gasteiger partial charge in [-0.15, -0.1) is 0 Å². The van der Waals surface area contributed by atoms with Gasteiger partial charge in [0, 0.05) is 6.61 Å². The van der Waals surface area contributed by atoms with Crippen molar-refractivity contribution >= 4 is 11.7 Å². The maximum absolute atomic E-state index is 12.5. The Morgan fingerprint density at radius 1 is 1.00 bits per heavy atom. The van der Waals surface area contributed by atoms with Crippen LogP contribution in [0, 0.1) is 11.8 Å². The van der Waals surface area contributed by atoms with Gasteiger partial charge in [-0.25, -0.2) is 0 Å². The third kappa shape index (κ3) is 10.0. The molecule has 0 bridgehead atoms. The van der Waals surface area contributed by atoms with Crippen LogP contribution in [0.1, 0.15) is 66.2 Å². The van der Waals surface area contributed by atoms with Crippen LogP contribution in [0.2, 0.25) is 0 Å². The lowest BCUT2D eigenvalue weighted by molar-refractivity contribution is -0.134. The Kier molecular flexibility index (Phi) is 11.9. The molecule has 0 aliphatic heterocycles. The van der Waals surface area contributed by atoms with Crippen molar-refractivity contribution in [3.8, 4) is 0 Å². The molecule has 0 aromatic heterocycles. The van der Waals surface area contributed by atoms with Crippen LogP contribution in [-0.2, 0) is 9.59 Å². The lowest BCUT2D eigenvalue weighted by Gasteiger charge is -2.24. The molecule has 3 atom stereocenters. The van der Waals surface area contributed by atoms with Crippen LogP contribution in [0.5, 0.6) is 0 Å². The van der Waals surface area contributed by atoms with Crippen molar-refractivity contribution < 1.29 is 19.8 Å². The number of aliphatic hydroxyl groups excluding tert-OH is 2. The quantitative estimate of drug-likeness (QED) is 0.377. The molecule has 0 aromatic rings. The van der Waals surface area contributed by atoms with E-state index in [4.69, 9.17) is 10.8 Å². The van der Waals surface area contributed by atoms with E-state index >= 15 is 0 Å². The van der Waals surface area contributed by atoms with Gasteiger partial charge in [0.25, 0.3) is 0 Å². The van der Waals surface area contributed by atoms with Crippen molar-refractivity contribution in [2.45, 2.75) is 84.4 Å². The maximum atomic E-state index is 12.5. The summed E-state index contributed by atoms with van der Waals surface area (Å²) in [4.78, 5) is 24.7. The third-order valence-corrected chi connectivity index (χ3v) is 3.89. The first kappa shape index (κ1) is 23.0. The molecule has 1 amide bonds. The number of rotatable bonds is 13. The Labute approximate surface area is 146 Å². The Balaban J connectivity index is 4.67. The molecule has 0 fully saturated rings. The summed E-state index contributed by atoms with van der Waals surface area (Å²) in [7, 11) is 0. The minimum atomic E-state index is -1.09. The van der Waals surface area contributed by atoms with Gasteiger partial charge in [0.2, 0.25) is 5.91 Å². The summed E-state index contributed by atoms with van der Waals surface area (Å²) in [5.41, 5.74) is 5.88. The van der Waals surface area contributed by atoms with Crippen molar-refractivity contribution in [1.29, 1.82) is 0 Å². The Hall–Kier alpha value is -0.980. The molecule has 5 N–H and O–H groups in total. The third-order valence-electron chi connectivity index (χ3n) is 3.89. The molecular weight excluding hydrogens is 308 g/mol. The lowest BCUT2D eigenvalue weighted by Crippen LogP contribution is -2.51. The maximum Gasteiger partial charge on any atom is 0.237 e. The summed E-state index contributed by atoms with van der Waals surface area (Å²) >= 11 is 0. The van der Waals surface area contributed by atoms with Crippen molar-refractivity contribution in [2.24, 2.45) is 17.6 Å². The molecule has 0 saturated heterocycles. The van der Waals surface area contributed by atoms with E-state index < -0.39 is 18.2 Å². The van der Waals surface area contributed by atoms with E-state index in [2.05, 4.69) is 5.32 Å². The monoisotopic (exact) mass is 344 g/mol. The molecular formula is C18H36N2O4. The van der Waals surface area contributed by atoms with Gasteiger partial charge in [-0.1, -0.05) is 40.5 Å². The number of carbonyl (C=O) groups excluding carboxylic acids is 2. The van der Waals surface area contributed by atoms with Crippen LogP contribution in [0.25, 0.3) is 0 Å². The smallest absolute Gasteiger partial charge is 0.237 e. The van der Waals surface area contributed by atoms with Crippen molar-refractivity contribution in [3.63, 3.8) is 0 Å². The van der Waals surface area contributed by atoms with E-state index in [1.807, 2.05) is 27.7 Å². The van der Waals surface area contributed by atoms with Crippen molar-refractivity contribution in [3.05, 3.63) is 0 Å². The van der Waals surface area contributed by atoms with Gasteiger partial charge in [0.15, 0.2) is 5.78 Å². The van der Waals surface area contributed by atoms with Gasteiger partial charge in [0.1, 0.15) is 6.10 Å². The molecule has 0 rings (SSSR count). The van der Waals surface area contributed by atoms with Gasteiger partial charge in [-0.3, -0.25) is 9.59 Å². The number of unbranched alkanes of at least 4 members (excludes halogenated alkanes) is 2. The highest BCUT2D eigenvalue weighted by Crippen LogP contribution is 2.12. The van der Waals surface area contributed by atoms with Crippen LogP contribution in [0.15, 0.2) is 0 Å². The minimum Gasteiger partial charge on any atom is -0.396 e. The predicted octanol–water partition coefficient (Wildman–Crippen LogP) is 1.37.